The summed E-state index contributed by atoms with van der Waals surface area (Å²) in [4.78, 5) is 20.0. The molecule has 0 aliphatic heterocycles. The van der Waals surface area contributed by atoms with Crippen LogP contribution in [0.3, 0.4) is 0 Å². The number of carbonyl (C=O) groups is 1. The van der Waals surface area contributed by atoms with E-state index in [0.717, 1.165) is 38.2 Å². The van der Waals surface area contributed by atoms with Crippen LogP contribution in [0.5, 0.6) is 0 Å². The number of fused-ring (bicyclic) bond motifs is 2. The molecule has 3 aromatic carbocycles. The Morgan fingerprint density at radius 3 is 2.44 bits per heavy atom. The number of aromatic nitrogens is 4. The number of aryl methyl sites for hydroxylation is 1. The molecule has 0 radical (unpaired) electrons. The molecule has 0 fully saturated rings. The Morgan fingerprint density at radius 1 is 1.00 bits per heavy atom. The van der Waals surface area contributed by atoms with Crippen molar-refractivity contribution in [2.45, 2.75) is 19.4 Å². The zero-order valence-corrected chi connectivity index (χ0v) is 20.3. The number of ketones is 1. The largest absolute Gasteiger partial charge is 0.322 e. The lowest BCUT2D eigenvalue weighted by Gasteiger charge is -2.12. The maximum atomic E-state index is 13.8. The van der Waals surface area contributed by atoms with Gasteiger partial charge in [0.2, 0.25) is 0 Å². The highest BCUT2D eigenvalue weighted by Gasteiger charge is 2.30. The lowest BCUT2D eigenvalue weighted by molar-refractivity contribution is 0.0979. The van der Waals surface area contributed by atoms with E-state index in [1.165, 1.54) is 11.3 Å². The molecule has 6 nitrogen and oxygen atoms in total. The van der Waals surface area contributed by atoms with Gasteiger partial charge in [0.05, 0.1) is 33.4 Å². The Kier molecular flexibility index (Phi) is 5.44. The van der Waals surface area contributed by atoms with Gasteiger partial charge in [0, 0.05) is 11.9 Å². The molecule has 0 saturated carbocycles. The molecule has 1 unspecified atom stereocenters. The summed E-state index contributed by atoms with van der Waals surface area (Å²) < 4.78 is 3.85. The number of benzene rings is 3. The Hall–Kier alpha value is -4.54. The van der Waals surface area contributed by atoms with Crippen LogP contribution in [0, 0.1) is 18.3 Å². The number of Topliss-reactive ketones (excluding diaryl/α,β-unsaturated/α-hetero) is 1. The summed E-state index contributed by atoms with van der Waals surface area (Å²) in [6.07, 6.45) is 0. The van der Waals surface area contributed by atoms with Gasteiger partial charge in [-0.3, -0.25) is 4.79 Å². The third-order valence-corrected chi connectivity index (χ3v) is 7.43. The van der Waals surface area contributed by atoms with E-state index in [2.05, 4.69) is 11.2 Å². The van der Waals surface area contributed by atoms with Gasteiger partial charge in [0.1, 0.15) is 10.7 Å². The number of imidazole rings is 1. The number of carbonyl (C=O) groups excluding carboxylic acids is 1. The van der Waals surface area contributed by atoms with Crippen molar-refractivity contribution in [2.75, 3.05) is 0 Å². The Labute approximate surface area is 211 Å². The maximum Gasteiger partial charge on any atom is 0.197 e. The van der Waals surface area contributed by atoms with Gasteiger partial charge in [-0.25, -0.2) is 9.67 Å². The van der Waals surface area contributed by atoms with Crippen LogP contribution in [0.15, 0.2) is 91.0 Å². The van der Waals surface area contributed by atoms with Gasteiger partial charge in [-0.15, -0.1) is 11.3 Å². The van der Waals surface area contributed by atoms with Crippen LogP contribution >= 0.6 is 11.3 Å². The monoisotopic (exact) mass is 487 g/mol. The van der Waals surface area contributed by atoms with E-state index in [4.69, 9.17) is 4.98 Å². The van der Waals surface area contributed by atoms with Gasteiger partial charge in [0.25, 0.3) is 0 Å². The molecule has 1 atom stereocenters. The second-order valence-corrected chi connectivity index (χ2v) is 9.65. The van der Waals surface area contributed by atoms with Gasteiger partial charge in [0.15, 0.2) is 11.7 Å². The molecule has 0 N–H and O–H groups in total. The molecule has 7 heteroatoms. The fourth-order valence-corrected chi connectivity index (χ4v) is 5.69. The number of para-hydroxylation sites is 3. The van der Waals surface area contributed by atoms with Crippen molar-refractivity contribution in [2.24, 2.45) is 0 Å². The number of thiophene rings is 1. The highest BCUT2D eigenvalue weighted by molar-refractivity contribution is 7.20. The average Bonchev–Trinajstić information content (AvgIpc) is 3.59. The number of hydrogen-bond acceptors (Lipinski definition) is 5. The first-order valence-electron chi connectivity index (χ1n) is 11.6. The lowest BCUT2D eigenvalue weighted by atomic mass is 10.0. The number of rotatable bonds is 6. The molecule has 0 saturated heterocycles. The standard InChI is InChI=1S/C29H21N5OS/c1-19-22-16-26(36-29(22)34(32-19)21-12-6-3-7-13-21)27(35)23(17-30)28-31-24-14-8-9-15-25(24)33(28)18-20-10-4-2-5-11-20/h2-16,23H,18H2,1H3. The van der Waals surface area contributed by atoms with Crippen molar-refractivity contribution in [1.82, 2.24) is 19.3 Å². The van der Waals surface area contributed by atoms with Gasteiger partial charge < -0.3 is 4.57 Å². The number of nitriles is 1. The van der Waals surface area contributed by atoms with Crippen molar-refractivity contribution in [3.05, 3.63) is 113 Å². The van der Waals surface area contributed by atoms with Gasteiger partial charge in [-0.2, -0.15) is 10.4 Å². The zero-order chi connectivity index (χ0) is 24.6. The molecule has 6 aromatic rings. The van der Waals surface area contributed by atoms with Crippen LogP contribution < -0.4 is 0 Å². The molecule has 6 rings (SSSR count). The smallest absolute Gasteiger partial charge is 0.197 e. The Bertz CT molecular complexity index is 1760. The first-order valence-corrected chi connectivity index (χ1v) is 12.4. The molecule has 174 valence electrons. The highest BCUT2D eigenvalue weighted by Crippen LogP contribution is 2.34. The van der Waals surface area contributed by atoms with Crippen molar-refractivity contribution in [1.29, 1.82) is 5.26 Å². The van der Waals surface area contributed by atoms with Crippen LogP contribution in [-0.4, -0.2) is 25.1 Å². The molecule has 0 amide bonds. The van der Waals surface area contributed by atoms with E-state index >= 15 is 0 Å². The van der Waals surface area contributed by atoms with Crippen molar-refractivity contribution >= 4 is 38.4 Å². The maximum absolute atomic E-state index is 13.8. The molecular weight excluding hydrogens is 466 g/mol. The van der Waals surface area contributed by atoms with Crippen LogP contribution in [0.4, 0.5) is 0 Å². The first kappa shape index (κ1) is 22.0. The van der Waals surface area contributed by atoms with Gasteiger partial charge in [-0.05, 0) is 42.8 Å². The topological polar surface area (TPSA) is 76.5 Å². The molecule has 0 aliphatic rings. The van der Waals surface area contributed by atoms with E-state index in [9.17, 15) is 10.1 Å². The SMILES string of the molecule is Cc1nn(-c2ccccc2)c2sc(C(=O)C(C#N)c3nc4ccccc4n3Cc3ccccc3)cc12. The van der Waals surface area contributed by atoms with Crippen LogP contribution in [0.1, 0.15) is 32.7 Å². The summed E-state index contributed by atoms with van der Waals surface area (Å²) in [7, 11) is 0. The summed E-state index contributed by atoms with van der Waals surface area (Å²) >= 11 is 1.37. The summed E-state index contributed by atoms with van der Waals surface area (Å²) in [6.45, 7) is 2.46. The van der Waals surface area contributed by atoms with Crippen LogP contribution in [0.25, 0.3) is 26.9 Å². The Morgan fingerprint density at radius 2 is 1.69 bits per heavy atom. The third-order valence-electron chi connectivity index (χ3n) is 6.31. The molecule has 3 heterocycles. The predicted molar refractivity (Wildman–Crippen MR) is 142 cm³/mol. The molecule has 0 spiro atoms. The highest BCUT2D eigenvalue weighted by atomic mass is 32.1. The summed E-state index contributed by atoms with van der Waals surface area (Å²) in [5.74, 6) is -0.809. The van der Waals surface area contributed by atoms with Crippen LogP contribution in [0.2, 0.25) is 0 Å². The van der Waals surface area contributed by atoms with Gasteiger partial charge in [-0.1, -0.05) is 60.7 Å². The number of nitrogens with zero attached hydrogens (tertiary/aromatic N) is 5. The lowest BCUT2D eigenvalue weighted by Crippen LogP contribution is -2.16. The van der Waals surface area contributed by atoms with Crippen molar-refractivity contribution in [3.63, 3.8) is 0 Å². The van der Waals surface area contributed by atoms with E-state index in [0.29, 0.717) is 17.2 Å². The van der Waals surface area contributed by atoms with Gasteiger partial charge >= 0.3 is 0 Å². The fourth-order valence-electron chi connectivity index (χ4n) is 4.54. The Balaban J connectivity index is 1.44. The molecular formula is C29H21N5OS. The number of hydrogen-bond donors (Lipinski definition) is 0. The van der Waals surface area contributed by atoms with E-state index in [1.807, 2.05) is 107 Å². The van der Waals surface area contributed by atoms with E-state index < -0.39 is 5.92 Å². The molecule has 36 heavy (non-hydrogen) atoms. The second-order valence-electron chi connectivity index (χ2n) is 8.62. The minimum Gasteiger partial charge on any atom is -0.322 e. The minimum absolute atomic E-state index is 0.248. The first-order chi connectivity index (χ1) is 17.6. The predicted octanol–water partition coefficient (Wildman–Crippen LogP) is 6.28. The van der Waals surface area contributed by atoms with E-state index in [1.54, 1.807) is 0 Å². The zero-order valence-electron chi connectivity index (χ0n) is 19.5. The fraction of sp³-hybridized carbons (Fsp3) is 0.103. The van der Waals surface area contributed by atoms with Crippen molar-refractivity contribution < 1.29 is 4.79 Å². The summed E-state index contributed by atoms with van der Waals surface area (Å²) in [5, 5.41) is 15.8. The third kappa shape index (κ3) is 3.69. The average molecular weight is 488 g/mol. The summed E-state index contributed by atoms with van der Waals surface area (Å²) in [6, 6.07) is 31.7. The molecule has 0 bridgehead atoms. The quantitative estimate of drug-likeness (QED) is 0.259. The van der Waals surface area contributed by atoms with Crippen LogP contribution in [-0.2, 0) is 6.54 Å². The second kappa shape index (κ2) is 8.91. The normalized spacial score (nSPS) is 12.1. The van der Waals surface area contributed by atoms with Crippen molar-refractivity contribution in [3.8, 4) is 11.8 Å². The molecule has 3 aromatic heterocycles. The molecule has 0 aliphatic carbocycles. The minimum atomic E-state index is -1.03. The van der Waals surface area contributed by atoms with E-state index in [-0.39, 0.29) is 5.78 Å². The summed E-state index contributed by atoms with van der Waals surface area (Å²) in [5.41, 5.74) is 4.51.